The summed E-state index contributed by atoms with van der Waals surface area (Å²) in [4.78, 5) is 24.0. The zero-order chi connectivity index (χ0) is 14.5. The Morgan fingerprint density at radius 3 is 3.05 bits per heavy atom. The zero-order valence-corrected chi connectivity index (χ0v) is 10.9. The van der Waals surface area contributed by atoms with E-state index in [0.717, 1.165) is 0 Å². The van der Waals surface area contributed by atoms with Gasteiger partial charge in [-0.2, -0.15) is 0 Å². The highest BCUT2D eigenvalue weighted by Crippen LogP contribution is 2.15. The lowest BCUT2D eigenvalue weighted by Crippen LogP contribution is -2.51. The van der Waals surface area contributed by atoms with Gasteiger partial charge in [-0.15, -0.1) is 0 Å². The Morgan fingerprint density at radius 1 is 1.55 bits per heavy atom. The normalized spacial score (nSPS) is 18.9. The van der Waals surface area contributed by atoms with Gasteiger partial charge in [-0.3, -0.25) is 14.9 Å². The lowest BCUT2D eigenvalue weighted by atomic mass is 10.1. The highest BCUT2D eigenvalue weighted by molar-refractivity contribution is 5.79. The molecule has 7 nitrogen and oxygen atoms in total. The summed E-state index contributed by atoms with van der Waals surface area (Å²) >= 11 is 0. The first-order valence-corrected chi connectivity index (χ1v) is 6.33. The zero-order valence-electron chi connectivity index (χ0n) is 10.9. The molecule has 1 fully saturated rings. The molecule has 20 heavy (non-hydrogen) atoms. The molecule has 1 unspecified atom stereocenters. The Hall–Kier alpha value is -1.99. The minimum atomic E-state index is -0.487. The lowest BCUT2D eigenvalue weighted by molar-refractivity contribution is -0.384. The van der Waals surface area contributed by atoms with Gasteiger partial charge in [-0.1, -0.05) is 12.1 Å². The molecular formula is C13H16N2O5. The summed E-state index contributed by atoms with van der Waals surface area (Å²) in [6.45, 7) is 1.04. The molecule has 1 aliphatic rings. The number of amides is 1. The van der Waals surface area contributed by atoms with Crippen molar-refractivity contribution in [3.63, 3.8) is 0 Å². The van der Waals surface area contributed by atoms with Crippen LogP contribution in [-0.2, 0) is 16.0 Å². The summed E-state index contributed by atoms with van der Waals surface area (Å²) in [5.74, 6) is -0.159. The van der Waals surface area contributed by atoms with Crippen LogP contribution in [0.1, 0.15) is 5.56 Å². The molecule has 1 heterocycles. The predicted molar refractivity (Wildman–Crippen MR) is 70.2 cm³/mol. The number of aliphatic hydroxyl groups is 1. The van der Waals surface area contributed by atoms with Crippen molar-refractivity contribution in [3.05, 3.63) is 39.9 Å². The number of rotatable bonds is 4. The molecule has 1 saturated heterocycles. The Kier molecular flexibility index (Phi) is 4.65. The van der Waals surface area contributed by atoms with Crippen LogP contribution in [0.5, 0.6) is 0 Å². The van der Waals surface area contributed by atoms with E-state index in [-0.39, 0.29) is 30.7 Å². The maximum atomic E-state index is 12.2. The molecule has 0 bridgehead atoms. The van der Waals surface area contributed by atoms with E-state index in [2.05, 4.69) is 0 Å². The van der Waals surface area contributed by atoms with Gasteiger partial charge in [-0.05, 0) is 5.56 Å². The van der Waals surface area contributed by atoms with Crippen molar-refractivity contribution in [2.24, 2.45) is 0 Å². The van der Waals surface area contributed by atoms with E-state index in [4.69, 9.17) is 4.74 Å². The molecule has 0 radical (unpaired) electrons. The fourth-order valence-electron chi connectivity index (χ4n) is 2.19. The van der Waals surface area contributed by atoms with Crippen LogP contribution >= 0.6 is 0 Å². The first-order valence-electron chi connectivity index (χ1n) is 6.33. The fraction of sp³-hybridized carbons (Fsp3) is 0.462. The molecule has 1 N–H and O–H groups in total. The molecule has 0 spiro atoms. The second-order valence-electron chi connectivity index (χ2n) is 4.60. The largest absolute Gasteiger partial charge is 0.394 e. The third-order valence-corrected chi connectivity index (χ3v) is 3.24. The number of ether oxygens (including phenoxy) is 1. The molecule has 2 rings (SSSR count). The molecule has 7 heteroatoms. The maximum absolute atomic E-state index is 12.2. The van der Waals surface area contributed by atoms with Gasteiger partial charge in [0.25, 0.3) is 5.69 Å². The van der Waals surface area contributed by atoms with Crippen LogP contribution in [0.25, 0.3) is 0 Å². The van der Waals surface area contributed by atoms with E-state index >= 15 is 0 Å². The van der Waals surface area contributed by atoms with Crippen molar-refractivity contribution in [1.82, 2.24) is 4.90 Å². The summed E-state index contributed by atoms with van der Waals surface area (Å²) in [6, 6.07) is 5.68. The lowest BCUT2D eigenvalue weighted by Gasteiger charge is -2.34. The van der Waals surface area contributed by atoms with Crippen molar-refractivity contribution in [2.75, 3.05) is 26.4 Å². The van der Waals surface area contributed by atoms with Crippen molar-refractivity contribution < 1.29 is 19.6 Å². The molecule has 108 valence electrons. The van der Waals surface area contributed by atoms with Crippen LogP contribution in [0, 0.1) is 10.1 Å². The van der Waals surface area contributed by atoms with Crippen molar-refractivity contribution in [1.29, 1.82) is 0 Å². The first-order chi connectivity index (χ1) is 9.61. The number of nitrogens with zero attached hydrogens (tertiary/aromatic N) is 2. The van der Waals surface area contributed by atoms with E-state index in [1.807, 2.05) is 0 Å². The molecular weight excluding hydrogens is 264 g/mol. The van der Waals surface area contributed by atoms with Gasteiger partial charge >= 0.3 is 0 Å². The Bertz CT molecular complexity index is 505. The molecule has 1 amide bonds. The monoisotopic (exact) mass is 280 g/mol. The number of carbonyl (C=O) groups is 1. The first kappa shape index (κ1) is 14.4. The Morgan fingerprint density at radius 2 is 2.35 bits per heavy atom. The van der Waals surface area contributed by atoms with Gasteiger partial charge in [0.05, 0.1) is 37.2 Å². The summed E-state index contributed by atoms with van der Waals surface area (Å²) < 4.78 is 5.21. The number of nitro groups is 1. The van der Waals surface area contributed by atoms with Crippen molar-refractivity contribution in [3.8, 4) is 0 Å². The molecule has 0 aromatic heterocycles. The number of non-ortho nitro benzene ring substituents is 1. The smallest absolute Gasteiger partial charge is 0.269 e. The van der Waals surface area contributed by atoms with Gasteiger partial charge < -0.3 is 14.7 Å². The summed E-state index contributed by atoms with van der Waals surface area (Å²) in [6.07, 6.45) is 0.0815. The van der Waals surface area contributed by atoms with E-state index in [1.165, 1.54) is 12.1 Å². The number of hydrogen-bond donors (Lipinski definition) is 1. The predicted octanol–water partition coefficient (Wildman–Crippen LogP) is 0.357. The third kappa shape index (κ3) is 3.31. The summed E-state index contributed by atoms with van der Waals surface area (Å²) in [5, 5.41) is 19.9. The van der Waals surface area contributed by atoms with E-state index in [1.54, 1.807) is 17.0 Å². The average Bonchev–Trinajstić information content (AvgIpc) is 2.47. The van der Waals surface area contributed by atoms with Gasteiger partial charge in [0.15, 0.2) is 0 Å². The number of hydrogen-bond acceptors (Lipinski definition) is 5. The second kappa shape index (κ2) is 6.44. The minimum Gasteiger partial charge on any atom is -0.394 e. The Labute approximate surface area is 115 Å². The van der Waals surface area contributed by atoms with Crippen LogP contribution in [0.2, 0.25) is 0 Å². The van der Waals surface area contributed by atoms with Crippen molar-refractivity contribution >= 4 is 11.6 Å². The number of nitro benzene ring substituents is 1. The standard InChI is InChI=1S/C13H16N2O5/c16-8-12-9-20-5-4-14(12)13(17)7-10-2-1-3-11(6-10)15(18)19/h1-3,6,12,16H,4-5,7-9H2. The third-order valence-electron chi connectivity index (χ3n) is 3.24. The second-order valence-corrected chi connectivity index (χ2v) is 4.60. The SMILES string of the molecule is O=C(Cc1cccc([N+](=O)[O-])c1)N1CCOCC1CO. The molecule has 1 aromatic rings. The molecule has 0 saturated carbocycles. The number of carbonyl (C=O) groups excluding carboxylic acids is 1. The summed E-state index contributed by atoms with van der Waals surface area (Å²) in [7, 11) is 0. The van der Waals surface area contributed by atoms with E-state index in [0.29, 0.717) is 25.3 Å². The van der Waals surface area contributed by atoms with Gasteiger partial charge in [-0.25, -0.2) is 0 Å². The van der Waals surface area contributed by atoms with E-state index in [9.17, 15) is 20.0 Å². The van der Waals surface area contributed by atoms with Crippen LogP contribution < -0.4 is 0 Å². The van der Waals surface area contributed by atoms with Crippen LogP contribution in [0.4, 0.5) is 5.69 Å². The number of morpholine rings is 1. The van der Waals surface area contributed by atoms with Gasteiger partial charge in [0.2, 0.25) is 5.91 Å². The average molecular weight is 280 g/mol. The van der Waals surface area contributed by atoms with Crippen LogP contribution in [-0.4, -0.2) is 53.2 Å². The topological polar surface area (TPSA) is 92.9 Å². The molecule has 1 aliphatic heterocycles. The van der Waals surface area contributed by atoms with Gasteiger partial charge in [0, 0.05) is 18.7 Å². The number of benzene rings is 1. The quantitative estimate of drug-likeness (QED) is 0.635. The Balaban J connectivity index is 2.06. The maximum Gasteiger partial charge on any atom is 0.269 e. The van der Waals surface area contributed by atoms with Crippen molar-refractivity contribution in [2.45, 2.75) is 12.5 Å². The number of aliphatic hydroxyl groups excluding tert-OH is 1. The van der Waals surface area contributed by atoms with Crippen LogP contribution in [0.3, 0.4) is 0 Å². The highest BCUT2D eigenvalue weighted by atomic mass is 16.6. The van der Waals surface area contributed by atoms with Crippen LogP contribution in [0.15, 0.2) is 24.3 Å². The highest BCUT2D eigenvalue weighted by Gasteiger charge is 2.26. The molecule has 1 aromatic carbocycles. The summed E-state index contributed by atoms with van der Waals surface area (Å²) in [5.41, 5.74) is 0.559. The van der Waals surface area contributed by atoms with Gasteiger partial charge in [0.1, 0.15) is 0 Å². The molecule has 1 atom stereocenters. The minimum absolute atomic E-state index is 0.0315. The fourth-order valence-corrected chi connectivity index (χ4v) is 2.19. The van der Waals surface area contributed by atoms with E-state index < -0.39 is 4.92 Å². The molecule has 0 aliphatic carbocycles.